The highest BCUT2D eigenvalue weighted by Crippen LogP contribution is 2.35. The number of amides is 1. The van der Waals surface area contributed by atoms with Gasteiger partial charge in [-0.2, -0.15) is 0 Å². The molecule has 31 heavy (non-hydrogen) atoms. The van der Waals surface area contributed by atoms with E-state index in [0.29, 0.717) is 22.8 Å². The van der Waals surface area contributed by atoms with E-state index in [1.807, 2.05) is 54.8 Å². The quantitative estimate of drug-likeness (QED) is 0.282. The van der Waals surface area contributed by atoms with Gasteiger partial charge in [0, 0.05) is 10.5 Å². The van der Waals surface area contributed by atoms with Crippen LogP contribution in [0.2, 0.25) is 0 Å². The Morgan fingerprint density at radius 3 is 2.35 bits per heavy atom. The number of rotatable bonds is 6. The fourth-order valence-electron chi connectivity index (χ4n) is 3.21. The van der Waals surface area contributed by atoms with Crippen molar-refractivity contribution in [2.24, 2.45) is 0 Å². The van der Waals surface area contributed by atoms with E-state index in [0.717, 1.165) is 20.7 Å². The maximum atomic E-state index is 13.5. The Labute approximate surface area is 188 Å². The van der Waals surface area contributed by atoms with E-state index in [2.05, 4.69) is 0 Å². The van der Waals surface area contributed by atoms with Gasteiger partial charge in [-0.15, -0.1) is 11.8 Å². The lowest BCUT2D eigenvalue weighted by Crippen LogP contribution is -2.30. The SMILES string of the molecule is COC(=O)c1ccc(C(=O)N(Cc2ccccc2)c2nc3c(SC)cccc3s2)cc1. The van der Waals surface area contributed by atoms with Crippen LogP contribution in [0.5, 0.6) is 0 Å². The van der Waals surface area contributed by atoms with Gasteiger partial charge >= 0.3 is 5.97 Å². The normalized spacial score (nSPS) is 10.8. The van der Waals surface area contributed by atoms with Crippen LogP contribution < -0.4 is 4.90 Å². The van der Waals surface area contributed by atoms with Gasteiger partial charge in [-0.1, -0.05) is 47.7 Å². The molecule has 0 fully saturated rings. The van der Waals surface area contributed by atoms with E-state index in [1.54, 1.807) is 40.9 Å². The number of aromatic nitrogens is 1. The molecule has 0 spiro atoms. The van der Waals surface area contributed by atoms with Gasteiger partial charge < -0.3 is 4.74 Å². The number of hydrogen-bond acceptors (Lipinski definition) is 6. The van der Waals surface area contributed by atoms with E-state index in [4.69, 9.17) is 9.72 Å². The summed E-state index contributed by atoms with van der Waals surface area (Å²) < 4.78 is 5.78. The number of thioether (sulfide) groups is 1. The molecule has 3 aromatic carbocycles. The zero-order valence-electron chi connectivity index (χ0n) is 17.1. The Bertz CT molecular complexity index is 1220. The molecule has 0 radical (unpaired) electrons. The van der Waals surface area contributed by atoms with Gasteiger partial charge in [-0.05, 0) is 48.2 Å². The van der Waals surface area contributed by atoms with Crippen molar-refractivity contribution in [1.29, 1.82) is 0 Å². The van der Waals surface area contributed by atoms with Crippen LogP contribution in [0, 0.1) is 0 Å². The molecule has 5 nitrogen and oxygen atoms in total. The minimum atomic E-state index is -0.434. The Balaban J connectivity index is 1.74. The van der Waals surface area contributed by atoms with Gasteiger partial charge in [0.25, 0.3) is 5.91 Å². The molecule has 0 atom stereocenters. The molecule has 0 saturated heterocycles. The molecular weight excluding hydrogens is 428 g/mol. The highest BCUT2D eigenvalue weighted by Gasteiger charge is 2.23. The summed E-state index contributed by atoms with van der Waals surface area (Å²) in [6.07, 6.45) is 2.02. The Kier molecular flexibility index (Phi) is 6.34. The Morgan fingerprint density at radius 2 is 1.68 bits per heavy atom. The number of carbonyl (C=O) groups excluding carboxylic acids is 2. The number of benzene rings is 3. The molecule has 0 saturated carbocycles. The van der Waals surface area contributed by atoms with E-state index in [1.165, 1.54) is 18.4 Å². The predicted molar refractivity (Wildman–Crippen MR) is 126 cm³/mol. The number of anilines is 1. The first kappa shape index (κ1) is 21.1. The van der Waals surface area contributed by atoms with Crippen molar-refractivity contribution in [2.45, 2.75) is 11.4 Å². The molecule has 0 aliphatic rings. The van der Waals surface area contributed by atoms with Gasteiger partial charge in [-0.3, -0.25) is 9.69 Å². The molecule has 156 valence electrons. The van der Waals surface area contributed by atoms with E-state index < -0.39 is 5.97 Å². The lowest BCUT2D eigenvalue weighted by atomic mass is 10.1. The van der Waals surface area contributed by atoms with E-state index in [-0.39, 0.29) is 5.91 Å². The zero-order valence-corrected chi connectivity index (χ0v) is 18.7. The lowest BCUT2D eigenvalue weighted by Gasteiger charge is -2.20. The summed E-state index contributed by atoms with van der Waals surface area (Å²) in [5.41, 5.74) is 2.79. The molecule has 0 N–H and O–H groups in total. The molecule has 0 unspecified atom stereocenters. The van der Waals surface area contributed by atoms with Crippen LogP contribution in [0.15, 0.2) is 77.7 Å². The van der Waals surface area contributed by atoms with Crippen LogP contribution in [0.3, 0.4) is 0 Å². The van der Waals surface area contributed by atoms with Crippen LogP contribution in [0.25, 0.3) is 10.2 Å². The molecule has 0 aliphatic heterocycles. The molecule has 1 aromatic heterocycles. The summed E-state index contributed by atoms with van der Waals surface area (Å²) in [5, 5.41) is 0.641. The Hall–Kier alpha value is -3.16. The van der Waals surface area contributed by atoms with Crippen LogP contribution in [-0.4, -0.2) is 30.2 Å². The van der Waals surface area contributed by atoms with Crippen molar-refractivity contribution in [1.82, 2.24) is 4.98 Å². The summed E-state index contributed by atoms with van der Waals surface area (Å²) >= 11 is 3.13. The monoisotopic (exact) mass is 448 g/mol. The van der Waals surface area contributed by atoms with Crippen LogP contribution in [-0.2, 0) is 11.3 Å². The summed E-state index contributed by atoms with van der Waals surface area (Å²) in [4.78, 5) is 32.8. The van der Waals surface area contributed by atoms with Crippen molar-refractivity contribution in [3.63, 3.8) is 0 Å². The van der Waals surface area contributed by atoms with Gasteiger partial charge in [0.15, 0.2) is 5.13 Å². The fourth-order valence-corrected chi connectivity index (χ4v) is 4.82. The molecule has 7 heteroatoms. The number of para-hydroxylation sites is 1. The standard InChI is InChI=1S/C24H20N2O3S2/c1-29-23(28)18-13-11-17(12-14-18)22(27)26(15-16-7-4-3-5-8-16)24-25-21-19(30-2)9-6-10-20(21)31-24/h3-14H,15H2,1-2H3. The number of fused-ring (bicyclic) bond motifs is 1. The summed E-state index contributed by atoms with van der Waals surface area (Å²) in [7, 11) is 1.33. The van der Waals surface area contributed by atoms with Gasteiger partial charge in [0.2, 0.25) is 0 Å². The maximum absolute atomic E-state index is 13.5. The summed E-state index contributed by atoms with van der Waals surface area (Å²) in [6, 6.07) is 22.4. The Morgan fingerprint density at radius 1 is 0.968 bits per heavy atom. The molecule has 1 amide bonds. The smallest absolute Gasteiger partial charge is 0.337 e. The van der Waals surface area contributed by atoms with Gasteiger partial charge in [-0.25, -0.2) is 9.78 Å². The summed E-state index contributed by atoms with van der Waals surface area (Å²) in [5.74, 6) is -0.610. The number of nitrogens with zero attached hydrogens (tertiary/aromatic N) is 2. The second-order valence-corrected chi connectivity index (χ2v) is 8.61. The maximum Gasteiger partial charge on any atom is 0.337 e. The number of methoxy groups -OCH3 is 1. The van der Waals surface area contributed by atoms with Crippen molar-refractivity contribution in [2.75, 3.05) is 18.3 Å². The second kappa shape index (κ2) is 9.32. The third-order valence-electron chi connectivity index (χ3n) is 4.80. The average Bonchev–Trinajstić information content (AvgIpc) is 3.26. The largest absolute Gasteiger partial charge is 0.465 e. The first-order valence-corrected chi connectivity index (χ1v) is 11.6. The fraction of sp³-hybridized carbons (Fsp3) is 0.125. The van der Waals surface area contributed by atoms with Crippen molar-refractivity contribution in [3.05, 3.63) is 89.5 Å². The van der Waals surface area contributed by atoms with Crippen LogP contribution >= 0.6 is 23.1 Å². The van der Waals surface area contributed by atoms with Crippen LogP contribution in [0.4, 0.5) is 5.13 Å². The van der Waals surface area contributed by atoms with Crippen molar-refractivity contribution >= 4 is 50.3 Å². The number of carbonyl (C=O) groups is 2. The van der Waals surface area contributed by atoms with E-state index in [9.17, 15) is 9.59 Å². The zero-order chi connectivity index (χ0) is 21.8. The highest BCUT2D eigenvalue weighted by molar-refractivity contribution is 7.98. The third kappa shape index (κ3) is 4.47. The van der Waals surface area contributed by atoms with Gasteiger partial charge in [0.05, 0.1) is 29.4 Å². The topological polar surface area (TPSA) is 59.5 Å². The molecule has 0 aliphatic carbocycles. The van der Waals surface area contributed by atoms with Crippen molar-refractivity contribution in [3.8, 4) is 0 Å². The van der Waals surface area contributed by atoms with Crippen molar-refractivity contribution < 1.29 is 14.3 Å². The predicted octanol–water partition coefficient (Wildman–Crippen LogP) is 5.65. The number of hydrogen-bond donors (Lipinski definition) is 0. The first-order valence-electron chi connectivity index (χ1n) is 9.58. The third-order valence-corrected chi connectivity index (χ3v) is 6.62. The first-order chi connectivity index (χ1) is 15.1. The molecule has 0 bridgehead atoms. The lowest BCUT2D eigenvalue weighted by molar-refractivity contribution is 0.0600. The summed E-state index contributed by atoms with van der Waals surface area (Å²) in [6.45, 7) is 0.396. The van der Waals surface area contributed by atoms with Crippen LogP contribution in [0.1, 0.15) is 26.3 Å². The minimum Gasteiger partial charge on any atom is -0.465 e. The molecule has 4 aromatic rings. The number of thiazole rings is 1. The second-order valence-electron chi connectivity index (χ2n) is 6.75. The minimum absolute atomic E-state index is 0.176. The number of ether oxygens (including phenoxy) is 1. The molecule has 4 rings (SSSR count). The average molecular weight is 449 g/mol. The van der Waals surface area contributed by atoms with Gasteiger partial charge in [0.1, 0.15) is 0 Å². The highest BCUT2D eigenvalue weighted by atomic mass is 32.2. The molecular formula is C24H20N2O3S2. The van der Waals surface area contributed by atoms with E-state index >= 15 is 0 Å². The molecule has 1 heterocycles. The number of esters is 1.